The van der Waals surface area contributed by atoms with Crippen molar-refractivity contribution in [3.63, 3.8) is 0 Å². The zero-order chi connectivity index (χ0) is 32.4. The molecule has 0 saturated carbocycles. The SMILES string of the molecule is CC(C)(C)CCN(Cc1ccncc1)C(=O)CC[C@@H](COCc1ccccc1)N1Cc2cc(Oc3ccccc3)ncc2N=C1N. The first-order valence-electron chi connectivity index (χ1n) is 15.8. The summed E-state index contributed by atoms with van der Waals surface area (Å²) in [6, 6.07) is 25.3. The zero-order valence-corrected chi connectivity index (χ0v) is 27.0. The molecule has 4 aromatic rings. The number of nitrogens with zero attached hydrogens (tertiary/aromatic N) is 5. The Labute approximate surface area is 272 Å². The largest absolute Gasteiger partial charge is 0.439 e. The van der Waals surface area contributed by atoms with E-state index in [1.54, 1.807) is 18.6 Å². The maximum Gasteiger partial charge on any atom is 0.222 e. The van der Waals surface area contributed by atoms with Crippen LogP contribution in [-0.2, 0) is 29.2 Å². The molecule has 1 aliphatic rings. The van der Waals surface area contributed by atoms with Gasteiger partial charge >= 0.3 is 0 Å². The van der Waals surface area contributed by atoms with Gasteiger partial charge in [0.25, 0.3) is 0 Å². The molecule has 0 spiro atoms. The molecule has 46 heavy (non-hydrogen) atoms. The number of ether oxygens (including phenoxy) is 2. The van der Waals surface area contributed by atoms with Crippen LogP contribution in [-0.4, -0.2) is 50.8 Å². The number of pyridine rings is 2. The van der Waals surface area contributed by atoms with E-state index in [9.17, 15) is 4.79 Å². The van der Waals surface area contributed by atoms with Crippen molar-refractivity contribution in [2.24, 2.45) is 16.1 Å². The van der Waals surface area contributed by atoms with Gasteiger partial charge in [-0.2, -0.15) is 0 Å². The second kappa shape index (κ2) is 15.5. The molecule has 5 rings (SSSR count). The van der Waals surface area contributed by atoms with Gasteiger partial charge < -0.3 is 25.0 Å². The normalized spacial score (nSPS) is 13.5. The molecule has 9 heteroatoms. The van der Waals surface area contributed by atoms with Gasteiger partial charge in [-0.25, -0.2) is 9.98 Å². The van der Waals surface area contributed by atoms with Gasteiger partial charge in [-0.3, -0.25) is 9.78 Å². The van der Waals surface area contributed by atoms with Gasteiger partial charge in [0.1, 0.15) is 5.75 Å². The first-order valence-corrected chi connectivity index (χ1v) is 15.8. The van der Waals surface area contributed by atoms with Gasteiger partial charge in [0.05, 0.1) is 31.1 Å². The van der Waals surface area contributed by atoms with E-state index in [1.807, 2.05) is 88.7 Å². The van der Waals surface area contributed by atoms with Crippen molar-refractivity contribution < 1.29 is 14.3 Å². The third kappa shape index (κ3) is 9.62. The lowest BCUT2D eigenvalue weighted by atomic mass is 9.92. The van der Waals surface area contributed by atoms with Crippen molar-refractivity contribution in [3.05, 3.63) is 114 Å². The molecule has 9 nitrogen and oxygen atoms in total. The van der Waals surface area contributed by atoms with Crippen molar-refractivity contribution in [2.75, 3.05) is 13.2 Å². The minimum absolute atomic E-state index is 0.102. The summed E-state index contributed by atoms with van der Waals surface area (Å²) < 4.78 is 12.2. The van der Waals surface area contributed by atoms with Gasteiger partial charge in [-0.05, 0) is 53.6 Å². The van der Waals surface area contributed by atoms with Crippen molar-refractivity contribution in [1.29, 1.82) is 0 Å². The van der Waals surface area contributed by atoms with Crippen molar-refractivity contribution in [1.82, 2.24) is 19.8 Å². The standard InChI is InChI=1S/C37H44N6O3/c1-37(2,3)18-21-42(24-28-16-19-39-20-17-28)35(44)15-14-31(27-45-26-29-10-6-4-7-11-29)43-25-30-22-34(40-23-33(30)41-36(43)38)46-32-12-8-5-9-13-32/h4-13,16-17,19-20,22-23,31H,14-15,18,21,24-27H2,1-3H3,(H2,38,41)/t31-/m0/s1. The molecule has 0 fully saturated rings. The molecule has 1 amide bonds. The number of hydrogen-bond donors (Lipinski definition) is 1. The predicted molar refractivity (Wildman–Crippen MR) is 180 cm³/mol. The molecule has 2 aromatic heterocycles. The highest BCUT2D eigenvalue weighted by molar-refractivity contribution is 5.84. The molecule has 1 aliphatic heterocycles. The van der Waals surface area contributed by atoms with E-state index in [0.29, 0.717) is 69.0 Å². The third-order valence-electron chi connectivity index (χ3n) is 7.94. The van der Waals surface area contributed by atoms with Crippen LogP contribution < -0.4 is 10.5 Å². The lowest BCUT2D eigenvalue weighted by Crippen LogP contribution is -2.48. The maximum absolute atomic E-state index is 13.8. The van der Waals surface area contributed by atoms with E-state index >= 15 is 0 Å². The van der Waals surface area contributed by atoms with Crippen LogP contribution in [0.15, 0.2) is 102 Å². The van der Waals surface area contributed by atoms with Gasteiger partial charge in [0.2, 0.25) is 11.8 Å². The summed E-state index contributed by atoms with van der Waals surface area (Å²) in [6.07, 6.45) is 7.03. The fraction of sp³-hybridized carbons (Fsp3) is 0.351. The second-order valence-electron chi connectivity index (χ2n) is 12.8. The minimum Gasteiger partial charge on any atom is -0.439 e. The van der Waals surface area contributed by atoms with Crippen LogP contribution in [0.4, 0.5) is 5.69 Å². The molecule has 2 aromatic carbocycles. The Balaban J connectivity index is 1.32. The Morgan fingerprint density at radius 2 is 1.72 bits per heavy atom. The first-order chi connectivity index (χ1) is 22.2. The fourth-order valence-electron chi connectivity index (χ4n) is 5.26. The monoisotopic (exact) mass is 620 g/mol. The Morgan fingerprint density at radius 3 is 2.43 bits per heavy atom. The van der Waals surface area contributed by atoms with Crippen LogP contribution in [0.2, 0.25) is 0 Å². The molecule has 240 valence electrons. The van der Waals surface area contributed by atoms with E-state index in [1.165, 1.54) is 0 Å². The maximum atomic E-state index is 13.8. The van der Waals surface area contributed by atoms with Crippen LogP contribution in [0.25, 0.3) is 0 Å². The average molecular weight is 621 g/mol. The van der Waals surface area contributed by atoms with Crippen molar-refractivity contribution in [3.8, 4) is 11.6 Å². The Kier molecular flexibility index (Phi) is 11.0. The highest BCUT2D eigenvalue weighted by Gasteiger charge is 2.28. The number of para-hydroxylation sites is 1. The lowest BCUT2D eigenvalue weighted by Gasteiger charge is -2.36. The minimum atomic E-state index is -0.179. The highest BCUT2D eigenvalue weighted by Crippen LogP contribution is 2.31. The average Bonchev–Trinajstić information content (AvgIpc) is 3.05. The summed E-state index contributed by atoms with van der Waals surface area (Å²) in [6.45, 7) is 9.17. The number of carbonyl (C=O) groups excluding carboxylic acids is 1. The number of carbonyl (C=O) groups is 1. The highest BCUT2D eigenvalue weighted by atomic mass is 16.5. The van der Waals surface area contributed by atoms with Crippen molar-refractivity contribution >= 4 is 17.6 Å². The fourth-order valence-corrected chi connectivity index (χ4v) is 5.26. The van der Waals surface area contributed by atoms with Gasteiger partial charge in [-0.1, -0.05) is 69.3 Å². The van der Waals surface area contributed by atoms with E-state index in [2.05, 4.69) is 35.7 Å². The molecule has 1 atom stereocenters. The van der Waals surface area contributed by atoms with Crippen LogP contribution >= 0.6 is 0 Å². The molecule has 0 aliphatic carbocycles. The molecule has 3 heterocycles. The summed E-state index contributed by atoms with van der Waals surface area (Å²) in [5, 5.41) is 0. The van der Waals surface area contributed by atoms with Gasteiger partial charge in [0.15, 0.2) is 5.96 Å². The summed E-state index contributed by atoms with van der Waals surface area (Å²) in [4.78, 5) is 31.1. The zero-order valence-electron chi connectivity index (χ0n) is 27.0. The predicted octanol–water partition coefficient (Wildman–Crippen LogP) is 6.86. The summed E-state index contributed by atoms with van der Waals surface area (Å²) in [5.41, 5.74) is 10.5. The molecule has 0 saturated heterocycles. The summed E-state index contributed by atoms with van der Waals surface area (Å²) >= 11 is 0. The molecular formula is C37H44N6O3. The van der Waals surface area contributed by atoms with Crippen LogP contribution in [0.1, 0.15) is 56.7 Å². The topological polar surface area (TPSA) is 106 Å². The molecule has 0 radical (unpaired) electrons. The van der Waals surface area contributed by atoms with E-state index in [-0.39, 0.29) is 17.4 Å². The Bertz CT molecular complexity index is 1580. The Hall–Kier alpha value is -4.76. The number of aromatic nitrogens is 2. The third-order valence-corrected chi connectivity index (χ3v) is 7.94. The first kappa shape index (κ1) is 32.6. The molecule has 0 bridgehead atoms. The Morgan fingerprint density at radius 1 is 1.00 bits per heavy atom. The summed E-state index contributed by atoms with van der Waals surface area (Å²) in [7, 11) is 0. The van der Waals surface area contributed by atoms with Crippen LogP contribution in [0.3, 0.4) is 0 Å². The lowest BCUT2D eigenvalue weighted by molar-refractivity contribution is -0.132. The van der Waals surface area contributed by atoms with Crippen molar-refractivity contribution in [2.45, 2.75) is 65.8 Å². The molecule has 2 N–H and O–H groups in total. The number of benzene rings is 2. The van der Waals surface area contributed by atoms with E-state index in [4.69, 9.17) is 15.2 Å². The number of guanidine groups is 1. The van der Waals surface area contributed by atoms with E-state index in [0.717, 1.165) is 23.1 Å². The van der Waals surface area contributed by atoms with Crippen LogP contribution in [0, 0.1) is 5.41 Å². The van der Waals surface area contributed by atoms with Crippen LogP contribution in [0.5, 0.6) is 11.6 Å². The number of aliphatic imine (C=N–C) groups is 1. The molecule has 0 unspecified atom stereocenters. The second-order valence-corrected chi connectivity index (χ2v) is 12.8. The number of hydrogen-bond acceptors (Lipinski definition) is 8. The number of nitrogens with two attached hydrogens (primary N) is 1. The quantitative estimate of drug-likeness (QED) is 0.164. The molecular weight excluding hydrogens is 576 g/mol. The smallest absolute Gasteiger partial charge is 0.222 e. The number of rotatable bonds is 14. The number of fused-ring (bicyclic) bond motifs is 1. The van der Waals surface area contributed by atoms with Gasteiger partial charge in [0, 0.05) is 50.1 Å². The van der Waals surface area contributed by atoms with Gasteiger partial charge in [-0.15, -0.1) is 0 Å². The summed E-state index contributed by atoms with van der Waals surface area (Å²) in [5.74, 6) is 1.68. The van der Waals surface area contributed by atoms with E-state index < -0.39 is 0 Å². The number of amides is 1.